The first-order valence-electron chi connectivity index (χ1n) is 5.69. The highest BCUT2D eigenvalue weighted by atomic mass is 19.1. The maximum Gasteiger partial charge on any atom is 0.124 e. The molecule has 88 valence electrons. The molecule has 17 heavy (non-hydrogen) atoms. The molecule has 0 aromatic heterocycles. The molecule has 2 rings (SSSR count). The highest BCUT2D eigenvalue weighted by molar-refractivity contribution is 5.65. The van der Waals surface area contributed by atoms with E-state index >= 15 is 0 Å². The molecule has 0 radical (unpaired) electrons. The topological polar surface area (TPSA) is 26.0 Å². The maximum absolute atomic E-state index is 13.3. The number of hydrogen-bond donors (Lipinski definition) is 1. The van der Waals surface area contributed by atoms with Crippen LogP contribution in [0.4, 0.5) is 4.39 Å². The average Bonchev–Trinajstić information content (AvgIpc) is 2.28. The summed E-state index contributed by atoms with van der Waals surface area (Å²) in [5, 5.41) is 0. The molecule has 1 unspecified atom stereocenters. The van der Waals surface area contributed by atoms with Crippen LogP contribution >= 0.6 is 0 Å². The first-order valence-corrected chi connectivity index (χ1v) is 5.69. The SMILES string of the molecule is Cc1cc(F)cc(-c2cccc(C(C)N)c2)c1. The van der Waals surface area contributed by atoms with Gasteiger partial charge in [-0.05, 0) is 54.3 Å². The lowest BCUT2D eigenvalue weighted by Gasteiger charge is -2.09. The van der Waals surface area contributed by atoms with Crippen LogP contribution in [-0.4, -0.2) is 0 Å². The van der Waals surface area contributed by atoms with E-state index in [4.69, 9.17) is 5.73 Å². The normalized spacial score (nSPS) is 12.5. The highest BCUT2D eigenvalue weighted by Gasteiger charge is 2.04. The fourth-order valence-electron chi connectivity index (χ4n) is 1.90. The molecular weight excluding hydrogens is 213 g/mol. The molecule has 0 aliphatic rings. The Kier molecular flexibility index (Phi) is 3.25. The van der Waals surface area contributed by atoms with Crippen LogP contribution < -0.4 is 5.73 Å². The number of benzene rings is 2. The highest BCUT2D eigenvalue weighted by Crippen LogP contribution is 2.24. The molecule has 2 heteroatoms. The Morgan fingerprint density at radius 1 is 1.06 bits per heavy atom. The van der Waals surface area contributed by atoms with Gasteiger partial charge in [0.25, 0.3) is 0 Å². The molecule has 0 spiro atoms. The zero-order valence-electron chi connectivity index (χ0n) is 10.1. The predicted molar refractivity (Wildman–Crippen MR) is 69.2 cm³/mol. The number of hydrogen-bond acceptors (Lipinski definition) is 1. The minimum atomic E-state index is -0.203. The Morgan fingerprint density at radius 2 is 1.82 bits per heavy atom. The third kappa shape index (κ3) is 2.71. The van der Waals surface area contributed by atoms with Gasteiger partial charge in [-0.15, -0.1) is 0 Å². The molecule has 2 aromatic carbocycles. The van der Waals surface area contributed by atoms with E-state index in [-0.39, 0.29) is 11.9 Å². The largest absolute Gasteiger partial charge is 0.324 e. The summed E-state index contributed by atoms with van der Waals surface area (Å²) in [6.45, 7) is 3.83. The van der Waals surface area contributed by atoms with E-state index in [0.717, 1.165) is 22.3 Å². The lowest BCUT2D eigenvalue weighted by molar-refractivity contribution is 0.627. The first-order chi connectivity index (χ1) is 8.06. The van der Waals surface area contributed by atoms with Gasteiger partial charge in [0.1, 0.15) is 5.82 Å². The van der Waals surface area contributed by atoms with Crippen LogP contribution in [0.25, 0.3) is 11.1 Å². The fraction of sp³-hybridized carbons (Fsp3) is 0.200. The second-order valence-corrected chi connectivity index (χ2v) is 4.43. The molecule has 0 bridgehead atoms. The van der Waals surface area contributed by atoms with Crippen LogP contribution in [0.3, 0.4) is 0 Å². The summed E-state index contributed by atoms with van der Waals surface area (Å²) in [6.07, 6.45) is 0. The van der Waals surface area contributed by atoms with E-state index < -0.39 is 0 Å². The minimum Gasteiger partial charge on any atom is -0.324 e. The van der Waals surface area contributed by atoms with Gasteiger partial charge in [0.2, 0.25) is 0 Å². The summed E-state index contributed by atoms with van der Waals surface area (Å²) in [7, 11) is 0. The summed E-state index contributed by atoms with van der Waals surface area (Å²) in [5.41, 5.74) is 9.72. The van der Waals surface area contributed by atoms with Gasteiger partial charge in [0.15, 0.2) is 0 Å². The van der Waals surface area contributed by atoms with Gasteiger partial charge in [0.05, 0.1) is 0 Å². The molecule has 1 nitrogen and oxygen atoms in total. The van der Waals surface area contributed by atoms with Crippen LogP contribution in [0.1, 0.15) is 24.1 Å². The van der Waals surface area contributed by atoms with Crippen LogP contribution in [0.15, 0.2) is 42.5 Å². The zero-order valence-corrected chi connectivity index (χ0v) is 10.1. The quantitative estimate of drug-likeness (QED) is 0.832. The third-order valence-electron chi connectivity index (χ3n) is 2.79. The number of nitrogens with two attached hydrogens (primary N) is 1. The lowest BCUT2D eigenvalue weighted by Crippen LogP contribution is -2.04. The number of aryl methyl sites for hydroxylation is 1. The molecular formula is C15H16FN. The molecule has 2 N–H and O–H groups in total. The van der Waals surface area contributed by atoms with Crippen molar-refractivity contribution in [2.24, 2.45) is 5.73 Å². The molecule has 0 amide bonds. The van der Waals surface area contributed by atoms with Crippen LogP contribution in [-0.2, 0) is 0 Å². The average molecular weight is 229 g/mol. The van der Waals surface area contributed by atoms with Gasteiger partial charge >= 0.3 is 0 Å². The van der Waals surface area contributed by atoms with Gasteiger partial charge in [0, 0.05) is 6.04 Å². The van der Waals surface area contributed by atoms with Gasteiger partial charge < -0.3 is 5.73 Å². The lowest BCUT2D eigenvalue weighted by atomic mass is 9.99. The van der Waals surface area contributed by atoms with Gasteiger partial charge in [-0.25, -0.2) is 4.39 Å². The Bertz CT molecular complexity index is 512. The van der Waals surface area contributed by atoms with Crippen molar-refractivity contribution in [3.63, 3.8) is 0 Å². The summed E-state index contributed by atoms with van der Waals surface area (Å²) in [4.78, 5) is 0. The summed E-state index contributed by atoms with van der Waals surface area (Å²) >= 11 is 0. The molecule has 0 fully saturated rings. The monoisotopic (exact) mass is 229 g/mol. The van der Waals surface area contributed by atoms with Crippen molar-refractivity contribution in [1.29, 1.82) is 0 Å². The van der Waals surface area contributed by atoms with Crippen LogP contribution in [0, 0.1) is 12.7 Å². The molecule has 1 atom stereocenters. The van der Waals surface area contributed by atoms with Gasteiger partial charge in [-0.1, -0.05) is 24.3 Å². The van der Waals surface area contributed by atoms with E-state index in [2.05, 4.69) is 0 Å². The standard InChI is InChI=1S/C15H16FN/c1-10-6-14(9-15(16)7-10)13-5-3-4-12(8-13)11(2)17/h3-9,11H,17H2,1-2H3. The van der Waals surface area contributed by atoms with Crippen LogP contribution in [0.2, 0.25) is 0 Å². The predicted octanol–water partition coefficient (Wildman–Crippen LogP) is 3.82. The molecule has 0 aliphatic carbocycles. The first kappa shape index (κ1) is 11.8. The van der Waals surface area contributed by atoms with Crippen LogP contribution in [0.5, 0.6) is 0 Å². The Hall–Kier alpha value is -1.67. The summed E-state index contributed by atoms with van der Waals surface area (Å²) < 4.78 is 13.3. The van der Waals surface area contributed by atoms with Crippen molar-refractivity contribution in [3.05, 3.63) is 59.4 Å². The van der Waals surface area contributed by atoms with Crippen molar-refractivity contribution in [2.45, 2.75) is 19.9 Å². The molecule has 0 aliphatic heterocycles. The summed E-state index contributed by atoms with van der Waals surface area (Å²) in [6, 6.07) is 13.0. The zero-order chi connectivity index (χ0) is 12.4. The number of rotatable bonds is 2. The van der Waals surface area contributed by atoms with Crippen molar-refractivity contribution in [3.8, 4) is 11.1 Å². The van der Waals surface area contributed by atoms with Crippen molar-refractivity contribution < 1.29 is 4.39 Å². The second-order valence-electron chi connectivity index (χ2n) is 4.43. The fourth-order valence-corrected chi connectivity index (χ4v) is 1.90. The molecule has 0 saturated heterocycles. The molecule has 0 saturated carbocycles. The molecule has 0 heterocycles. The third-order valence-corrected chi connectivity index (χ3v) is 2.79. The van der Waals surface area contributed by atoms with E-state index in [0.29, 0.717) is 0 Å². The van der Waals surface area contributed by atoms with Gasteiger partial charge in [-0.3, -0.25) is 0 Å². The molecule has 2 aromatic rings. The van der Waals surface area contributed by atoms with Crippen molar-refractivity contribution in [1.82, 2.24) is 0 Å². The van der Waals surface area contributed by atoms with Gasteiger partial charge in [-0.2, -0.15) is 0 Å². The Balaban J connectivity index is 2.49. The van der Waals surface area contributed by atoms with E-state index in [1.165, 1.54) is 6.07 Å². The van der Waals surface area contributed by atoms with Crippen molar-refractivity contribution in [2.75, 3.05) is 0 Å². The van der Waals surface area contributed by atoms with E-state index in [1.54, 1.807) is 6.07 Å². The Labute approximate surface area is 101 Å². The van der Waals surface area contributed by atoms with Crippen molar-refractivity contribution >= 4 is 0 Å². The number of halogens is 1. The van der Waals surface area contributed by atoms with E-state index in [9.17, 15) is 4.39 Å². The van der Waals surface area contributed by atoms with E-state index in [1.807, 2.05) is 44.2 Å². The summed E-state index contributed by atoms with van der Waals surface area (Å²) in [5.74, 6) is -0.203. The smallest absolute Gasteiger partial charge is 0.124 e. The minimum absolute atomic E-state index is 0.00962. The second kappa shape index (κ2) is 4.68. The Morgan fingerprint density at radius 3 is 2.47 bits per heavy atom. The maximum atomic E-state index is 13.3.